The fourth-order valence-corrected chi connectivity index (χ4v) is 1.56. The lowest BCUT2D eigenvalue weighted by Crippen LogP contribution is -2.36. The predicted octanol–water partition coefficient (Wildman–Crippen LogP) is 1.59. The molecule has 0 amide bonds. The summed E-state index contributed by atoms with van der Waals surface area (Å²) in [5.74, 6) is -1.39. The van der Waals surface area contributed by atoms with Crippen LogP contribution in [0.5, 0.6) is 0 Å². The molecule has 0 bridgehead atoms. The molecule has 1 aromatic heterocycles. The number of hydrogen-bond acceptors (Lipinski definition) is 5. The standard InChI is InChI=1S/C12H19FN4O2/c1-5-7(2)9(11(18)19)15-12-14-6-8(13)10(16-12)17(3)4/h6-7,9H,5H2,1-4H3,(H,18,19)(H,14,15,16)/t7-,9-/m0/s1. The van der Waals surface area contributed by atoms with Gasteiger partial charge < -0.3 is 15.3 Å². The van der Waals surface area contributed by atoms with Gasteiger partial charge in [-0.15, -0.1) is 0 Å². The van der Waals surface area contributed by atoms with E-state index in [0.717, 1.165) is 6.20 Å². The SMILES string of the molecule is CC[C@H](C)[C@H](Nc1ncc(F)c(N(C)C)n1)C(=O)O. The van der Waals surface area contributed by atoms with Gasteiger partial charge in [-0.1, -0.05) is 20.3 Å². The molecule has 1 heterocycles. The van der Waals surface area contributed by atoms with Crippen LogP contribution in [0.3, 0.4) is 0 Å². The van der Waals surface area contributed by atoms with Crippen molar-refractivity contribution in [3.63, 3.8) is 0 Å². The van der Waals surface area contributed by atoms with Gasteiger partial charge in [0.2, 0.25) is 5.95 Å². The number of halogens is 1. The van der Waals surface area contributed by atoms with Crippen molar-refractivity contribution in [2.24, 2.45) is 5.92 Å². The molecule has 1 aromatic rings. The third kappa shape index (κ3) is 3.77. The topological polar surface area (TPSA) is 78.4 Å². The number of aromatic nitrogens is 2. The zero-order chi connectivity index (χ0) is 14.6. The van der Waals surface area contributed by atoms with Crippen molar-refractivity contribution >= 4 is 17.7 Å². The molecule has 1 rings (SSSR count). The lowest BCUT2D eigenvalue weighted by molar-refractivity contribution is -0.139. The highest BCUT2D eigenvalue weighted by molar-refractivity contribution is 5.77. The Morgan fingerprint density at radius 2 is 2.21 bits per heavy atom. The maximum absolute atomic E-state index is 13.4. The number of rotatable bonds is 6. The molecular weight excluding hydrogens is 251 g/mol. The monoisotopic (exact) mass is 270 g/mol. The predicted molar refractivity (Wildman–Crippen MR) is 70.8 cm³/mol. The zero-order valence-electron chi connectivity index (χ0n) is 11.5. The Morgan fingerprint density at radius 3 is 2.68 bits per heavy atom. The quantitative estimate of drug-likeness (QED) is 0.817. The number of carbonyl (C=O) groups is 1. The van der Waals surface area contributed by atoms with Crippen LogP contribution in [-0.4, -0.2) is 41.2 Å². The highest BCUT2D eigenvalue weighted by atomic mass is 19.1. The van der Waals surface area contributed by atoms with Crippen molar-refractivity contribution in [2.45, 2.75) is 26.3 Å². The minimum atomic E-state index is -0.978. The van der Waals surface area contributed by atoms with E-state index in [9.17, 15) is 9.18 Å². The molecule has 0 fully saturated rings. The molecule has 2 N–H and O–H groups in total. The van der Waals surface area contributed by atoms with E-state index in [4.69, 9.17) is 5.11 Å². The van der Waals surface area contributed by atoms with E-state index in [-0.39, 0.29) is 17.7 Å². The van der Waals surface area contributed by atoms with E-state index in [2.05, 4.69) is 15.3 Å². The maximum Gasteiger partial charge on any atom is 0.326 e. The molecule has 7 heteroatoms. The Hall–Kier alpha value is -1.92. The van der Waals surface area contributed by atoms with E-state index < -0.39 is 17.8 Å². The van der Waals surface area contributed by atoms with E-state index in [1.165, 1.54) is 4.90 Å². The van der Waals surface area contributed by atoms with Gasteiger partial charge in [0.25, 0.3) is 0 Å². The van der Waals surface area contributed by atoms with Crippen LogP contribution in [0, 0.1) is 11.7 Å². The number of hydrogen-bond donors (Lipinski definition) is 2. The van der Waals surface area contributed by atoms with Crippen LogP contribution in [0.4, 0.5) is 16.2 Å². The highest BCUT2D eigenvalue weighted by Crippen LogP contribution is 2.17. The maximum atomic E-state index is 13.4. The zero-order valence-corrected chi connectivity index (χ0v) is 11.5. The molecule has 0 saturated carbocycles. The first-order valence-electron chi connectivity index (χ1n) is 6.06. The Labute approximate surface area is 111 Å². The summed E-state index contributed by atoms with van der Waals surface area (Å²) in [6.07, 6.45) is 1.73. The molecule has 19 heavy (non-hydrogen) atoms. The summed E-state index contributed by atoms with van der Waals surface area (Å²) in [4.78, 5) is 20.4. The number of carboxylic acids is 1. The smallest absolute Gasteiger partial charge is 0.326 e. The normalized spacial score (nSPS) is 13.7. The first-order valence-corrected chi connectivity index (χ1v) is 6.06. The number of carboxylic acid groups (broad SMARTS) is 1. The van der Waals surface area contributed by atoms with Gasteiger partial charge in [-0.05, 0) is 5.92 Å². The summed E-state index contributed by atoms with van der Waals surface area (Å²) in [6.45, 7) is 3.72. The lowest BCUT2D eigenvalue weighted by atomic mass is 9.99. The van der Waals surface area contributed by atoms with Crippen LogP contribution in [0.25, 0.3) is 0 Å². The number of anilines is 2. The van der Waals surface area contributed by atoms with Crippen LogP contribution in [0.1, 0.15) is 20.3 Å². The van der Waals surface area contributed by atoms with E-state index in [1.54, 1.807) is 14.1 Å². The highest BCUT2D eigenvalue weighted by Gasteiger charge is 2.24. The van der Waals surface area contributed by atoms with Gasteiger partial charge in [-0.2, -0.15) is 4.98 Å². The van der Waals surface area contributed by atoms with E-state index in [0.29, 0.717) is 6.42 Å². The van der Waals surface area contributed by atoms with Crippen LogP contribution in [-0.2, 0) is 4.79 Å². The van der Waals surface area contributed by atoms with Crippen LogP contribution < -0.4 is 10.2 Å². The van der Waals surface area contributed by atoms with Crippen LogP contribution in [0.15, 0.2) is 6.20 Å². The van der Waals surface area contributed by atoms with Crippen LogP contribution >= 0.6 is 0 Å². The molecule has 0 spiro atoms. The second kappa shape index (κ2) is 6.31. The van der Waals surface area contributed by atoms with Gasteiger partial charge in [-0.25, -0.2) is 14.2 Å². The molecule has 0 aliphatic carbocycles. The van der Waals surface area contributed by atoms with Gasteiger partial charge in [0, 0.05) is 14.1 Å². The molecule has 106 valence electrons. The Bertz CT molecular complexity index is 453. The molecule has 0 aromatic carbocycles. The van der Waals surface area contributed by atoms with Crippen molar-refractivity contribution in [1.29, 1.82) is 0 Å². The minimum Gasteiger partial charge on any atom is -0.480 e. The Balaban J connectivity index is 2.97. The molecule has 2 atom stereocenters. The van der Waals surface area contributed by atoms with Gasteiger partial charge in [0.05, 0.1) is 6.20 Å². The van der Waals surface area contributed by atoms with Crippen molar-refractivity contribution in [3.05, 3.63) is 12.0 Å². The Morgan fingerprint density at radius 1 is 1.58 bits per heavy atom. The molecule has 0 aliphatic rings. The number of aliphatic carboxylic acids is 1. The Kier molecular flexibility index (Phi) is 5.02. The van der Waals surface area contributed by atoms with E-state index in [1.807, 2.05) is 13.8 Å². The van der Waals surface area contributed by atoms with Gasteiger partial charge in [0.1, 0.15) is 6.04 Å². The van der Waals surface area contributed by atoms with Crippen molar-refractivity contribution < 1.29 is 14.3 Å². The average molecular weight is 270 g/mol. The molecule has 0 saturated heterocycles. The number of nitrogens with one attached hydrogen (secondary N) is 1. The summed E-state index contributed by atoms with van der Waals surface area (Å²) in [6, 6.07) is -0.800. The number of nitrogens with zero attached hydrogens (tertiary/aromatic N) is 3. The molecule has 6 nitrogen and oxygen atoms in total. The van der Waals surface area contributed by atoms with Gasteiger partial charge in [-0.3, -0.25) is 0 Å². The summed E-state index contributed by atoms with van der Waals surface area (Å²) in [5, 5.41) is 11.9. The summed E-state index contributed by atoms with van der Waals surface area (Å²) in [7, 11) is 3.30. The van der Waals surface area contributed by atoms with Crippen LogP contribution in [0.2, 0.25) is 0 Å². The molecular formula is C12H19FN4O2. The molecule has 0 aliphatic heterocycles. The third-order valence-corrected chi connectivity index (χ3v) is 2.91. The van der Waals surface area contributed by atoms with Crippen molar-refractivity contribution in [1.82, 2.24) is 9.97 Å². The van der Waals surface area contributed by atoms with Crippen molar-refractivity contribution in [2.75, 3.05) is 24.3 Å². The second-order valence-corrected chi connectivity index (χ2v) is 4.61. The summed E-state index contributed by atoms with van der Waals surface area (Å²) >= 11 is 0. The van der Waals surface area contributed by atoms with Crippen molar-refractivity contribution in [3.8, 4) is 0 Å². The lowest BCUT2D eigenvalue weighted by Gasteiger charge is -2.21. The fraction of sp³-hybridized carbons (Fsp3) is 0.583. The molecule has 0 radical (unpaired) electrons. The first-order chi connectivity index (χ1) is 8.86. The average Bonchev–Trinajstić information content (AvgIpc) is 2.36. The fourth-order valence-electron chi connectivity index (χ4n) is 1.56. The van der Waals surface area contributed by atoms with Gasteiger partial charge >= 0.3 is 5.97 Å². The second-order valence-electron chi connectivity index (χ2n) is 4.61. The minimum absolute atomic E-state index is 0.0889. The summed E-state index contributed by atoms with van der Waals surface area (Å²) in [5.41, 5.74) is 0. The first kappa shape index (κ1) is 15.1. The largest absolute Gasteiger partial charge is 0.480 e. The third-order valence-electron chi connectivity index (χ3n) is 2.91. The molecule has 0 unspecified atom stereocenters. The summed E-state index contributed by atoms with van der Waals surface area (Å²) < 4.78 is 13.4. The van der Waals surface area contributed by atoms with E-state index >= 15 is 0 Å². The van der Waals surface area contributed by atoms with Gasteiger partial charge in [0.15, 0.2) is 11.6 Å².